The van der Waals surface area contributed by atoms with Gasteiger partial charge in [0, 0.05) is 25.2 Å². The van der Waals surface area contributed by atoms with Crippen LogP contribution in [0.1, 0.15) is 29.0 Å². The van der Waals surface area contributed by atoms with Crippen LogP contribution in [-0.4, -0.2) is 45.1 Å². The number of carbonyl (C=O) groups excluding carboxylic acids is 1. The zero-order valence-electron chi connectivity index (χ0n) is 16.2. The minimum Gasteiger partial charge on any atom is -0.445 e. The Balaban J connectivity index is 1.38. The number of rotatable bonds is 5. The number of likely N-dealkylation sites (tertiary alicyclic amines) is 1. The van der Waals surface area contributed by atoms with E-state index in [0.717, 1.165) is 16.7 Å². The Morgan fingerprint density at radius 2 is 1.76 bits per heavy atom. The fraction of sp³-hybridized carbons (Fsp3) is 0.304. The van der Waals surface area contributed by atoms with Crippen molar-refractivity contribution in [3.05, 3.63) is 89.7 Å². The number of aromatic nitrogens is 2. The van der Waals surface area contributed by atoms with Gasteiger partial charge in [-0.25, -0.2) is 4.79 Å². The molecular formula is C23H25N3O3. The molecule has 2 unspecified atom stereocenters. The standard InChI is InChI=1S/C23H25N3O3/c27-22-11-12-25(23(28)29-17-19-9-5-2-6-10-19)16-21(22)20-13-24-26(15-20)14-18-7-3-1-4-8-18/h1-10,13,15,21-22,27H,11-12,14,16-17H2. The molecule has 0 saturated carbocycles. The summed E-state index contributed by atoms with van der Waals surface area (Å²) in [6.07, 6.45) is 3.43. The molecule has 6 heteroatoms. The molecule has 0 aliphatic carbocycles. The van der Waals surface area contributed by atoms with Crippen LogP contribution in [-0.2, 0) is 17.9 Å². The van der Waals surface area contributed by atoms with Crippen LogP contribution in [0.5, 0.6) is 0 Å². The summed E-state index contributed by atoms with van der Waals surface area (Å²) in [5.74, 6) is -0.169. The van der Waals surface area contributed by atoms with Gasteiger partial charge in [0.15, 0.2) is 0 Å². The van der Waals surface area contributed by atoms with Crippen molar-refractivity contribution in [1.29, 1.82) is 0 Å². The van der Waals surface area contributed by atoms with Crippen LogP contribution in [0.25, 0.3) is 0 Å². The monoisotopic (exact) mass is 391 g/mol. The Kier molecular flexibility index (Phi) is 5.91. The summed E-state index contributed by atoms with van der Waals surface area (Å²) < 4.78 is 7.32. The van der Waals surface area contributed by atoms with Gasteiger partial charge in [-0.3, -0.25) is 4.68 Å². The van der Waals surface area contributed by atoms with Gasteiger partial charge in [0.1, 0.15) is 6.61 Å². The first-order valence-electron chi connectivity index (χ1n) is 9.89. The fourth-order valence-electron chi connectivity index (χ4n) is 3.67. The van der Waals surface area contributed by atoms with Gasteiger partial charge in [0.25, 0.3) is 0 Å². The maximum Gasteiger partial charge on any atom is 0.410 e. The lowest BCUT2D eigenvalue weighted by atomic mass is 9.90. The number of aliphatic hydroxyl groups excluding tert-OH is 1. The van der Waals surface area contributed by atoms with Crippen molar-refractivity contribution in [3.8, 4) is 0 Å². The van der Waals surface area contributed by atoms with Gasteiger partial charge in [-0.1, -0.05) is 60.7 Å². The highest BCUT2D eigenvalue weighted by Gasteiger charge is 2.32. The van der Waals surface area contributed by atoms with E-state index < -0.39 is 6.10 Å². The average molecular weight is 391 g/mol. The molecule has 1 aromatic heterocycles. The Hall–Kier alpha value is -3.12. The molecule has 3 aromatic rings. The predicted molar refractivity (Wildman–Crippen MR) is 109 cm³/mol. The minimum absolute atomic E-state index is 0.169. The third kappa shape index (κ3) is 4.84. The van der Waals surface area contributed by atoms with Crippen LogP contribution < -0.4 is 0 Å². The summed E-state index contributed by atoms with van der Waals surface area (Å²) in [7, 11) is 0. The summed E-state index contributed by atoms with van der Waals surface area (Å²) in [6.45, 7) is 1.83. The highest BCUT2D eigenvalue weighted by atomic mass is 16.6. The van der Waals surface area contributed by atoms with Crippen LogP contribution in [0.4, 0.5) is 4.79 Å². The van der Waals surface area contributed by atoms with Crippen LogP contribution in [0.3, 0.4) is 0 Å². The largest absolute Gasteiger partial charge is 0.445 e. The van der Waals surface area contributed by atoms with Crippen molar-refractivity contribution < 1.29 is 14.6 Å². The average Bonchev–Trinajstić information content (AvgIpc) is 3.22. The summed E-state index contributed by atoms with van der Waals surface area (Å²) in [5.41, 5.74) is 3.06. The van der Waals surface area contributed by atoms with Gasteiger partial charge in [0.05, 0.1) is 18.8 Å². The van der Waals surface area contributed by atoms with E-state index in [1.807, 2.05) is 59.4 Å². The molecular weight excluding hydrogens is 366 g/mol. The number of hydrogen-bond donors (Lipinski definition) is 1. The van der Waals surface area contributed by atoms with E-state index >= 15 is 0 Å². The third-order valence-corrected chi connectivity index (χ3v) is 5.31. The van der Waals surface area contributed by atoms with Gasteiger partial charge in [-0.05, 0) is 23.1 Å². The van der Waals surface area contributed by atoms with Crippen LogP contribution in [0.15, 0.2) is 73.1 Å². The Morgan fingerprint density at radius 1 is 1.07 bits per heavy atom. The van der Waals surface area contributed by atoms with Crippen molar-refractivity contribution in [2.24, 2.45) is 0 Å². The summed E-state index contributed by atoms with van der Waals surface area (Å²) in [4.78, 5) is 14.2. The topological polar surface area (TPSA) is 67.6 Å². The molecule has 0 bridgehead atoms. The first kappa shape index (κ1) is 19.2. The summed E-state index contributed by atoms with van der Waals surface area (Å²) >= 11 is 0. The molecule has 6 nitrogen and oxygen atoms in total. The second-order valence-corrected chi connectivity index (χ2v) is 7.41. The van der Waals surface area contributed by atoms with Gasteiger partial charge in [0.2, 0.25) is 0 Å². The number of piperidine rings is 1. The van der Waals surface area contributed by atoms with E-state index in [0.29, 0.717) is 26.1 Å². The highest BCUT2D eigenvalue weighted by molar-refractivity contribution is 5.68. The number of aliphatic hydroxyl groups is 1. The highest BCUT2D eigenvalue weighted by Crippen LogP contribution is 2.28. The van der Waals surface area contributed by atoms with Gasteiger partial charge in [-0.15, -0.1) is 0 Å². The second-order valence-electron chi connectivity index (χ2n) is 7.41. The molecule has 150 valence electrons. The van der Waals surface area contributed by atoms with Crippen molar-refractivity contribution in [3.63, 3.8) is 0 Å². The normalized spacial score (nSPS) is 19.1. The molecule has 0 spiro atoms. The molecule has 2 atom stereocenters. The number of benzene rings is 2. The lowest BCUT2D eigenvalue weighted by Crippen LogP contribution is -2.45. The molecule has 4 rings (SSSR count). The number of nitrogens with zero attached hydrogens (tertiary/aromatic N) is 3. The zero-order chi connectivity index (χ0) is 20.1. The van der Waals surface area contributed by atoms with E-state index in [1.165, 1.54) is 0 Å². The second kappa shape index (κ2) is 8.92. The van der Waals surface area contributed by atoms with Gasteiger partial charge < -0.3 is 14.7 Å². The predicted octanol–water partition coefficient (Wildman–Crippen LogP) is 3.42. The molecule has 29 heavy (non-hydrogen) atoms. The quantitative estimate of drug-likeness (QED) is 0.724. The molecule has 1 aliphatic heterocycles. The molecule has 1 N–H and O–H groups in total. The Morgan fingerprint density at radius 3 is 2.48 bits per heavy atom. The third-order valence-electron chi connectivity index (χ3n) is 5.31. The SMILES string of the molecule is O=C(OCc1ccccc1)N1CCC(O)C(c2cnn(Cc3ccccc3)c2)C1. The van der Waals surface area contributed by atoms with E-state index in [9.17, 15) is 9.90 Å². The molecule has 0 radical (unpaired) electrons. The molecule has 1 amide bonds. The lowest BCUT2D eigenvalue weighted by Gasteiger charge is -2.35. The van der Waals surface area contributed by atoms with E-state index in [2.05, 4.69) is 17.2 Å². The molecule has 2 heterocycles. The summed E-state index contributed by atoms with van der Waals surface area (Å²) in [6, 6.07) is 19.7. The van der Waals surface area contributed by atoms with Crippen LogP contribution in [0, 0.1) is 0 Å². The van der Waals surface area contributed by atoms with Gasteiger partial charge in [-0.2, -0.15) is 5.10 Å². The van der Waals surface area contributed by atoms with Crippen LogP contribution in [0.2, 0.25) is 0 Å². The first-order valence-corrected chi connectivity index (χ1v) is 9.89. The number of amides is 1. The molecule has 1 saturated heterocycles. The summed E-state index contributed by atoms with van der Waals surface area (Å²) in [5, 5.41) is 15.0. The number of carbonyl (C=O) groups is 1. The van der Waals surface area contributed by atoms with Crippen molar-refractivity contribution in [1.82, 2.24) is 14.7 Å². The molecule has 2 aromatic carbocycles. The Bertz CT molecular complexity index is 927. The first-order chi connectivity index (χ1) is 14.2. The van der Waals surface area contributed by atoms with E-state index in [-0.39, 0.29) is 18.6 Å². The lowest BCUT2D eigenvalue weighted by molar-refractivity contribution is 0.0424. The van der Waals surface area contributed by atoms with E-state index in [1.54, 1.807) is 11.1 Å². The fourth-order valence-corrected chi connectivity index (χ4v) is 3.67. The zero-order valence-corrected chi connectivity index (χ0v) is 16.2. The minimum atomic E-state index is -0.498. The maximum absolute atomic E-state index is 12.5. The smallest absolute Gasteiger partial charge is 0.410 e. The maximum atomic E-state index is 12.5. The van der Waals surface area contributed by atoms with E-state index in [4.69, 9.17) is 4.74 Å². The molecule has 1 fully saturated rings. The number of ether oxygens (including phenoxy) is 1. The van der Waals surface area contributed by atoms with Gasteiger partial charge >= 0.3 is 6.09 Å². The van der Waals surface area contributed by atoms with Crippen molar-refractivity contribution >= 4 is 6.09 Å². The Labute approximate surface area is 170 Å². The van der Waals surface area contributed by atoms with Crippen LogP contribution >= 0.6 is 0 Å². The number of hydrogen-bond acceptors (Lipinski definition) is 4. The molecule has 1 aliphatic rings. The van der Waals surface area contributed by atoms with Crippen molar-refractivity contribution in [2.75, 3.05) is 13.1 Å². The van der Waals surface area contributed by atoms with Crippen molar-refractivity contribution in [2.45, 2.75) is 31.6 Å².